The van der Waals surface area contributed by atoms with Gasteiger partial charge in [0.25, 0.3) is 0 Å². The molecule has 1 saturated carbocycles. The van der Waals surface area contributed by atoms with Crippen molar-refractivity contribution < 1.29 is 22.3 Å². The lowest BCUT2D eigenvalue weighted by molar-refractivity contribution is 0.402. The molecule has 1 aliphatic heterocycles. The van der Waals surface area contributed by atoms with Gasteiger partial charge >= 0.3 is 0 Å². The maximum atomic E-state index is 15.3. The highest BCUT2D eigenvalue weighted by Crippen LogP contribution is 2.48. The highest BCUT2D eigenvalue weighted by Gasteiger charge is 2.57. The summed E-state index contributed by atoms with van der Waals surface area (Å²) < 4.78 is 59.7. The Morgan fingerprint density at radius 1 is 1.05 bits per heavy atom. The van der Waals surface area contributed by atoms with Gasteiger partial charge in [0.15, 0.2) is 11.6 Å². The molecule has 0 bridgehead atoms. The topological polar surface area (TPSA) is 121 Å². The largest absolute Gasteiger partial charge is 0.435 e. The highest BCUT2D eigenvalue weighted by atomic mass is 32.2. The Kier molecular flexibility index (Phi) is 6.77. The Bertz CT molecular complexity index is 1550. The molecule has 200 valence electrons. The van der Waals surface area contributed by atoms with Gasteiger partial charge in [0, 0.05) is 31.0 Å². The number of aromatic nitrogens is 3. The van der Waals surface area contributed by atoms with Crippen molar-refractivity contribution >= 4 is 17.2 Å². The van der Waals surface area contributed by atoms with Crippen molar-refractivity contribution in [1.82, 2.24) is 25.0 Å². The number of fused-ring (bicyclic) bond motifs is 1. The summed E-state index contributed by atoms with van der Waals surface area (Å²) in [5, 5.41) is 6.79. The van der Waals surface area contributed by atoms with Crippen LogP contribution in [0.4, 0.5) is 14.7 Å². The van der Waals surface area contributed by atoms with Crippen molar-refractivity contribution in [2.75, 3.05) is 18.4 Å². The van der Waals surface area contributed by atoms with Crippen LogP contribution >= 0.6 is 0 Å². The molecule has 4 atom stereocenters. The molecule has 1 aliphatic carbocycles. The van der Waals surface area contributed by atoms with Crippen molar-refractivity contribution in [3.05, 3.63) is 95.8 Å². The number of hydrogen-bond acceptors (Lipinski definition) is 7. The lowest BCUT2D eigenvalue weighted by Gasteiger charge is -2.19. The van der Waals surface area contributed by atoms with Crippen LogP contribution in [-0.4, -0.2) is 42.3 Å². The molecule has 39 heavy (non-hydrogen) atoms. The molecule has 2 aromatic carbocycles. The number of pyridine rings is 1. The smallest absolute Gasteiger partial charge is 0.232 e. The second-order valence-electron chi connectivity index (χ2n) is 9.53. The Labute approximate surface area is 225 Å². The Balaban J connectivity index is 1.29. The Morgan fingerprint density at radius 3 is 2.64 bits per heavy atom. The van der Waals surface area contributed by atoms with Gasteiger partial charge in [-0.15, -0.1) is 0 Å². The standard InChI is InChI=1S/C27H24F2N6O3S/c28-22-19(24(35-39(36)37)16-5-2-1-3-6-16)8-9-21(23(22)29)38-25-18(7-4-11-31-25)20-10-12-32-26(33-20)34-27-13-17(27)14-30-15-27/h1-12,17,24,30,35H,13-15H2,(H,36,37)(H,32,33,34). The van der Waals surface area contributed by atoms with E-state index >= 15 is 8.78 Å². The summed E-state index contributed by atoms with van der Waals surface area (Å²) in [6, 6.07) is 15.0. The molecule has 1 saturated heterocycles. The van der Waals surface area contributed by atoms with Gasteiger partial charge in [-0.05, 0) is 42.2 Å². The first-order valence-electron chi connectivity index (χ1n) is 12.3. The SMILES string of the molecule is O=S(O)NC(c1ccccc1)c1ccc(Oc2ncccc2-c2ccnc(NC34CNCC3C4)n2)c(F)c1F. The normalized spacial score (nSPS) is 21.2. The number of anilines is 1. The summed E-state index contributed by atoms with van der Waals surface area (Å²) in [5.41, 5.74) is 1.29. The van der Waals surface area contributed by atoms with Gasteiger partial charge in [0.05, 0.1) is 22.8 Å². The number of benzene rings is 2. The zero-order valence-electron chi connectivity index (χ0n) is 20.5. The van der Waals surface area contributed by atoms with Crippen molar-refractivity contribution in [2.45, 2.75) is 18.0 Å². The third-order valence-corrected chi connectivity index (χ3v) is 7.51. The van der Waals surface area contributed by atoms with E-state index in [1.165, 1.54) is 18.3 Å². The average Bonchev–Trinajstić information content (AvgIpc) is 3.48. The molecule has 0 spiro atoms. The van der Waals surface area contributed by atoms with Crippen molar-refractivity contribution in [2.24, 2.45) is 5.92 Å². The van der Waals surface area contributed by atoms with Gasteiger partial charge in [0.1, 0.15) is 0 Å². The summed E-state index contributed by atoms with van der Waals surface area (Å²) in [5.74, 6) is -1.81. The van der Waals surface area contributed by atoms with E-state index in [1.807, 2.05) is 0 Å². The van der Waals surface area contributed by atoms with Crippen LogP contribution in [0, 0.1) is 17.6 Å². The molecule has 3 heterocycles. The molecular formula is C27H24F2N6O3S. The minimum atomic E-state index is -2.48. The van der Waals surface area contributed by atoms with Crippen LogP contribution in [0.1, 0.15) is 23.6 Å². The van der Waals surface area contributed by atoms with Crippen LogP contribution in [0.25, 0.3) is 11.3 Å². The predicted molar refractivity (Wildman–Crippen MR) is 141 cm³/mol. The van der Waals surface area contributed by atoms with Crippen LogP contribution in [0.2, 0.25) is 0 Å². The number of halogens is 2. The number of piperidine rings is 1. The van der Waals surface area contributed by atoms with Gasteiger partial charge in [-0.25, -0.2) is 28.3 Å². The highest BCUT2D eigenvalue weighted by molar-refractivity contribution is 7.77. The van der Waals surface area contributed by atoms with Gasteiger partial charge in [-0.1, -0.05) is 36.4 Å². The Morgan fingerprint density at radius 2 is 1.90 bits per heavy atom. The second-order valence-corrected chi connectivity index (χ2v) is 10.3. The van der Waals surface area contributed by atoms with Gasteiger partial charge < -0.3 is 15.4 Å². The molecule has 4 unspecified atom stereocenters. The summed E-state index contributed by atoms with van der Waals surface area (Å²) in [7, 11) is 0. The lowest BCUT2D eigenvalue weighted by atomic mass is 9.99. The summed E-state index contributed by atoms with van der Waals surface area (Å²) in [4.78, 5) is 13.2. The van der Waals surface area contributed by atoms with Crippen LogP contribution in [0.5, 0.6) is 11.6 Å². The third-order valence-electron chi connectivity index (χ3n) is 7.07. The fraction of sp³-hybridized carbons (Fsp3) is 0.222. The maximum absolute atomic E-state index is 15.3. The van der Waals surface area contributed by atoms with Gasteiger partial charge in [0.2, 0.25) is 28.9 Å². The van der Waals surface area contributed by atoms with Crippen LogP contribution in [-0.2, 0) is 11.3 Å². The van der Waals surface area contributed by atoms with Crippen LogP contribution in [0.15, 0.2) is 73.1 Å². The van der Waals surface area contributed by atoms with Crippen LogP contribution in [0.3, 0.4) is 0 Å². The van der Waals surface area contributed by atoms with Crippen LogP contribution < -0.4 is 20.1 Å². The summed E-state index contributed by atoms with van der Waals surface area (Å²) in [6.45, 7) is 1.82. The molecule has 12 heteroatoms. The van der Waals surface area contributed by atoms with E-state index in [4.69, 9.17) is 4.74 Å². The van der Waals surface area contributed by atoms with E-state index in [0.29, 0.717) is 28.7 Å². The molecule has 9 nitrogen and oxygen atoms in total. The molecule has 2 fully saturated rings. The first-order valence-corrected chi connectivity index (χ1v) is 13.4. The quantitative estimate of drug-likeness (QED) is 0.229. The lowest BCUT2D eigenvalue weighted by Crippen LogP contribution is -2.30. The van der Waals surface area contributed by atoms with E-state index in [-0.39, 0.29) is 17.0 Å². The molecule has 2 aliphatic rings. The molecule has 4 N–H and O–H groups in total. The zero-order valence-corrected chi connectivity index (χ0v) is 21.3. The third kappa shape index (κ3) is 5.11. The molecule has 6 rings (SSSR count). The van der Waals surface area contributed by atoms with E-state index in [9.17, 15) is 8.76 Å². The fourth-order valence-electron chi connectivity index (χ4n) is 5.00. The van der Waals surface area contributed by atoms with E-state index in [0.717, 1.165) is 19.5 Å². The second kappa shape index (κ2) is 10.4. The molecule has 0 radical (unpaired) electrons. The summed E-state index contributed by atoms with van der Waals surface area (Å²) >= 11 is -2.48. The minimum absolute atomic E-state index is 0.0234. The van der Waals surface area contributed by atoms with E-state index in [1.54, 1.807) is 54.7 Å². The zero-order chi connectivity index (χ0) is 27.0. The van der Waals surface area contributed by atoms with Crippen molar-refractivity contribution in [3.8, 4) is 22.9 Å². The average molecular weight is 551 g/mol. The van der Waals surface area contributed by atoms with Crippen molar-refractivity contribution in [1.29, 1.82) is 0 Å². The first-order chi connectivity index (χ1) is 18.9. The monoisotopic (exact) mass is 550 g/mol. The van der Waals surface area contributed by atoms with E-state index < -0.39 is 34.7 Å². The number of ether oxygens (including phenoxy) is 1. The predicted octanol–water partition coefficient (Wildman–Crippen LogP) is 4.20. The number of nitrogens with one attached hydrogen (secondary N) is 3. The number of nitrogens with zero attached hydrogens (tertiary/aromatic N) is 3. The maximum Gasteiger partial charge on any atom is 0.232 e. The van der Waals surface area contributed by atoms with Crippen molar-refractivity contribution in [3.63, 3.8) is 0 Å². The number of rotatable bonds is 9. The molecule has 0 amide bonds. The minimum Gasteiger partial charge on any atom is -0.435 e. The molecule has 2 aromatic heterocycles. The summed E-state index contributed by atoms with van der Waals surface area (Å²) in [6.07, 6.45) is 4.16. The Hall–Kier alpha value is -3.84. The molecule has 4 aromatic rings. The van der Waals surface area contributed by atoms with Gasteiger partial charge in [-0.3, -0.25) is 4.55 Å². The first kappa shape index (κ1) is 25.4. The van der Waals surface area contributed by atoms with Gasteiger partial charge in [-0.2, -0.15) is 4.39 Å². The fourth-order valence-corrected chi connectivity index (χ4v) is 5.46. The van der Waals surface area contributed by atoms with E-state index in [2.05, 4.69) is 30.3 Å². The number of hydrogen-bond donors (Lipinski definition) is 4. The molecular weight excluding hydrogens is 526 g/mol.